The van der Waals surface area contributed by atoms with Crippen LogP contribution in [0.15, 0.2) is 41.3 Å². The highest BCUT2D eigenvalue weighted by Crippen LogP contribution is 2.30. The first kappa shape index (κ1) is 13.1. The first-order valence-corrected chi connectivity index (χ1v) is 7.30. The predicted octanol–water partition coefficient (Wildman–Crippen LogP) is 2.67. The zero-order valence-corrected chi connectivity index (χ0v) is 12.3. The molecule has 112 valence electrons. The van der Waals surface area contributed by atoms with Gasteiger partial charge in [0.25, 0.3) is 0 Å². The van der Waals surface area contributed by atoms with Crippen LogP contribution in [0.2, 0.25) is 0 Å². The summed E-state index contributed by atoms with van der Waals surface area (Å²) in [5.74, 6) is 2.35. The van der Waals surface area contributed by atoms with Gasteiger partial charge in [0.1, 0.15) is 5.75 Å². The van der Waals surface area contributed by atoms with Crippen molar-refractivity contribution in [2.24, 2.45) is 0 Å². The molecule has 0 spiro atoms. The topological polar surface area (TPSA) is 66.0 Å². The third-order valence-electron chi connectivity index (χ3n) is 4.09. The second-order valence-electron chi connectivity index (χ2n) is 5.46. The smallest absolute Gasteiger partial charge is 0.230 e. The molecule has 1 unspecified atom stereocenters. The second-order valence-corrected chi connectivity index (χ2v) is 5.46. The monoisotopic (exact) mass is 296 g/mol. The Kier molecular flexibility index (Phi) is 3.14. The molecule has 6 heteroatoms. The summed E-state index contributed by atoms with van der Waals surface area (Å²) in [4.78, 5) is 8.76. The molecule has 6 nitrogen and oxygen atoms in total. The van der Waals surface area contributed by atoms with Gasteiger partial charge in [-0.15, -0.1) is 0 Å². The van der Waals surface area contributed by atoms with Gasteiger partial charge >= 0.3 is 0 Å². The lowest BCUT2D eigenvalue weighted by molar-refractivity contribution is 0.325. The average Bonchev–Trinajstić information content (AvgIpc) is 3.23. The van der Waals surface area contributed by atoms with Crippen LogP contribution >= 0.6 is 0 Å². The number of nitrogens with zero attached hydrogens (tertiary/aromatic N) is 4. The molecule has 1 aromatic carbocycles. The fourth-order valence-electron chi connectivity index (χ4n) is 2.86. The van der Waals surface area contributed by atoms with E-state index < -0.39 is 0 Å². The van der Waals surface area contributed by atoms with Crippen molar-refractivity contribution in [2.75, 3.05) is 7.11 Å². The number of rotatable bonds is 3. The van der Waals surface area contributed by atoms with Crippen molar-refractivity contribution in [3.05, 3.63) is 48.4 Å². The molecule has 3 heterocycles. The van der Waals surface area contributed by atoms with E-state index in [4.69, 9.17) is 9.26 Å². The van der Waals surface area contributed by atoms with E-state index >= 15 is 0 Å². The summed E-state index contributed by atoms with van der Waals surface area (Å²) < 4.78 is 12.9. The van der Waals surface area contributed by atoms with Gasteiger partial charge in [-0.25, -0.2) is 4.98 Å². The summed E-state index contributed by atoms with van der Waals surface area (Å²) in [5, 5.41) is 4.12. The Morgan fingerprint density at radius 1 is 1.36 bits per heavy atom. The Morgan fingerprint density at radius 3 is 3.23 bits per heavy atom. The standard InChI is InChI=1S/C16H16N4O2/c1-21-14-4-2-3-11(8-14)15-18-16(22-19-15)12-5-6-20-10-17-9-13(20)7-12/h2-4,8-10,12H,5-7H2,1H3. The van der Waals surface area contributed by atoms with Gasteiger partial charge < -0.3 is 13.8 Å². The van der Waals surface area contributed by atoms with Crippen molar-refractivity contribution in [1.82, 2.24) is 19.7 Å². The minimum absolute atomic E-state index is 0.260. The van der Waals surface area contributed by atoms with Crippen LogP contribution in [0, 0.1) is 0 Å². The summed E-state index contributed by atoms with van der Waals surface area (Å²) in [6, 6.07) is 7.67. The Labute approximate surface area is 127 Å². The molecule has 3 aromatic rings. The van der Waals surface area contributed by atoms with E-state index in [1.54, 1.807) is 7.11 Å². The second kappa shape index (κ2) is 5.29. The summed E-state index contributed by atoms with van der Waals surface area (Å²) in [7, 11) is 1.64. The fourth-order valence-corrected chi connectivity index (χ4v) is 2.86. The van der Waals surface area contributed by atoms with Crippen molar-refractivity contribution in [3.8, 4) is 17.1 Å². The number of ether oxygens (including phenoxy) is 1. The maximum Gasteiger partial charge on any atom is 0.230 e. The third kappa shape index (κ3) is 2.26. The first-order chi connectivity index (χ1) is 10.8. The molecule has 0 amide bonds. The lowest BCUT2D eigenvalue weighted by atomic mass is 9.96. The SMILES string of the molecule is COc1cccc(-c2noc(C3CCn4cncc4C3)n2)c1. The van der Waals surface area contributed by atoms with Crippen LogP contribution < -0.4 is 4.74 Å². The first-order valence-electron chi connectivity index (χ1n) is 7.30. The van der Waals surface area contributed by atoms with Gasteiger partial charge in [-0.1, -0.05) is 17.3 Å². The van der Waals surface area contributed by atoms with Crippen LogP contribution in [-0.2, 0) is 13.0 Å². The van der Waals surface area contributed by atoms with Crippen LogP contribution in [-0.4, -0.2) is 26.8 Å². The highest BCUT2D eigenvalue weighted by Gasteiger charge is 2.25. The molecule has 1 atom stereocenters. The summed E-state index contributed by atoms with van der Waals surface area (Å²) in [5.41, 5.74) is 2.12. The molecule has 0 bridgehead atoms. The van der Waals surface area contributed by atoms with E-state index in [-0.39, 0.29) is 5.92 Å². The minimum atomic E-state index is 0.260. The van der Waals surface area contributed by atoms with E-state index in [1.807, 2.05) is 36.8 Å². The fraction of sp³-hybridized carbons (Fsp3) is 0.312. The van der Waals surface area contributed by atoms with Crippen molar-refractivity contribution in [1.29, 1.82) is 0 Å². The average molecular weight is 296 g/mol. The molecule has 0 saturated carbocycles. The highest BCUT2D eigenvalue weighted by molar-refractivity contribution is 5.56. The lowest BCUT2D eigenvalue weighted by Gasteiger charge is -2.20. The number of fused-ring (bicyclic) bond motifs is 1. The van der Waals surface area contributed by atoms with Crippen molar-refractivity contribution >= 4 is 0 Å². The van der Waals surface area contributed by atoms with Crippen LogP contribution in [0.25, 0.3) is 11.4 Å². The van der Waals surface area contributed by atoms with Gasteiger partial charge in [0.05, 0.1) is 13.4 Å². The molecule has 0 saturated heterocycles. The molecule has 4 rings (SSSR count). The molecule has 0 N–H and O–H groups in total. The quantitative estimate of drug-likeness (QED) is 0.743. The normalized spacial score (nSPS) is 17.2. The number of hydrogen-bond donors (Lipinski definition) is 0. The van der Waals surface area contributed by atoms with E-state index in [2.05, 4.69) is 19.7 Å². The molecular weight excluding hydrogens is 280 g/mol. The Hall–Kier alpha value is -2.63. The van der Waals surface area contributed by atoms with Crippen molar-refractivity contribution < 1.29 is 9.26 Å². The van der Waals surface area contributed by atoms with Gasteiger partial charge in [0.2, 0.25) is 11.7 Å². The summed E-state index contributed by atoms with van der Waals surface area (Å²) >= 11 is 0. The molecule has 0 fully saturated rings. The van der Waals surface area contributed by atoms with Crippen LogP contribution in [0.5, 0.6) is 5.75 Å². The Bertz CT molecular complexity index is 793. The Balaban J connectivity index is 1.59. The number of aromatic nitrogens is 4. The van der Waals surface area contributed by atoms with Gasteiger partial charge in [-0.05, 0) is 18.6 Å². The van der Waals surface area contributed by atoms with Crippen LogP contribution in [0.3, 0.4) is 0 Å². The molecule has 1 aliphatic heterocycles. The number of hydrogen-bond acceptors (Lipinski definition) is 5. The molecule has 22 heavy (non-hydrogen) atoms. The van der Waals surface area contributed by atoms with Gasteiger partial charge in [-0.3, -0.25) is 0 Å². The lowest BCUT2D eigenvalue weighted by Crippen LogP contribution is -2.17. The third-order valence-corrected chi connectivity index (χ3v) is 4.09. The van der Waals surface area contributed by atoms with E-state index in [9.17, 15) is 0 Å². The van der Waals surface area contributed by atoms with Gasteiger partial charge in [0, 0.05) is 36.3 Å². The maximum absolute atomic E-state index is 5.49. The number of methoxy groups -OCH3 is 1. The summed E-state index contributed by atoms with van der Waals surface area (Å²) in [6.07, 6.45) is 5.66. The van der Waals surface area contributed by atoms with Crippen molar-refractivity contribution in [3.63, 3.8) is 0 Å². The van der Waals surface area contributed by atoms with Crippen LogP contribution in [0.4, 0.5) is 0 Å². The van der Waals surface area contributed by atoms with E-state index in [1.165, 1.54) is 5.69 Å². The summed E-state index contributed by atoms with van der Waals surface area (Å²) in [6.45, 7) is 0.941. The predicted molar refractivity (Wildman–Crippen MR) is 79.6 cm³/mol. The Morgan fingerprint density at radius 2 is 2.32 bits per heavy atom. The minimum Gasteiger partial charge on any atom is -0.497 e. The van der Waals surface area contributed by atoms with Gasteiger partial charge in [-0.2, -0.15) is 4.98 Å². The van der Waals surface area contributed by atoms with Gasteiger partial charge in [0.15, 0.2) is 0 Å². The van der Waals surface area contributed by atoms with E-state index in [0.29, 0.717) is 11.7 Å². The maximum atomic E-state index is 5.49. The molecule has 0 aliphatic carbocycles. The number of benzene rings is 1. The highest BCUT2D eigenvalue weighted by atomic mass is 16.5. The largest absolute Gasteiger partial charge is 0.497 e. The van der Waals surface area contributed by atoms with E-state index in [0.717, 1.165) is 30.7 Å². The zero-order chi connectivity index (χ0) is 14.9. The molecule has 2 aromatic heterocycles. The number of aryl methyl sites for hydroxylation is 1. The molecule has 0 radical (unpaired) electrons. The van der Waals surface area contributed by atoms with Crippen LogP contribution in [0.1, 0.15) is 23.9 Å². The molecular formula is C16H16N4O2. The van der Waals surface area contributed by atoms with Crippen molar-refractivity contribution in [2.45, 2.75) is 25.3 Å². The number of imidazole rings is 1. The zero-order valence-electron chi connectivity index (χ0n) is 12.3. The molecule has 1 aliphatic rings.